The minimum Gasteiger partial charge on any atom is -0.370 e. The van der Waals surface area contributed by atoms with Crippen LogP contribution in [0.4, 0.5) is 0 Å². The molecule has 0 unspecified atom stereocenters. The lowest BCUT2D eigenvalue weighted by Gasteiger charge is -2.03. The minimum absolute atomic E-state index is 0.508. The molecule has 2 nitrogen and oxygen atoms in total. The highest BCUT2D eigenvalue weighted by Gasteiger charge is 1.91. The predicted molar refractivity (Wildman–Crippen MR) is 59.4 cm³/mol. The molecule has 0 aromatic heterocycles. The molecule has 64 valence electrons. The molecule has 2 N–H and O–H groups in total. The fourth-order valence-corrected chi connectivity index (χ4v) is 1.20. The first kappa shape index (κ1) is 9.51. The molecule has 0 heterocycles. The summed E-state index contributed by atoms with van der Waals surface area (Å²) in [7, 11) is 0. The summed E-state index contributed by atoms with van der Waals surface area (Å²) in [6.07, 6.45) is 0. The molecule has 0 saturated carbocycles. The standard InChI is InChI=1S/C9H11IN2/c1-7(11)12-6-8-2-4-9(10)5-3-8/h2-5H,6H2,1H3,(H2,11,12)/i10+4. The summed E-state index contributed by atoms with van der Waals surface area (Å²) in [5.41, 5.74) is 1.21. The van der Waals surface area contributed by atoms with Crippen LogP contribution in [0.15, 0.2) is 24.3 Å². The second kappa shape index (κ2) is 4.45. The fraction of sp³-hybridized carbons (Fsp3) is 0.222. The van der Waals surface area contributed by atoms with E-state index in [0.717, 1.165) is 6.54 Å². The lowest BCUT2D eigenvalue weighted by atomic mass is 10.2. The average molecular weight is 278 g/mol. The molecule has 0 aliphatic carbocycles. The number of amidine groups is 1. The van der Waals surface area contributed by atoms with Gasteiger partial charge in [0.2, 0.25) is 0 Å². The molecule has 0 amide bonds. The van der Waals surface area contributed by atoms with E-state index in [4.69, 9.17) is 5.41 Å². The maximum absolute atomic E-state index is 7.17. The van der Waals surface area contributed by atoms with E-state index in [2.05, 4.69) is 52.2 Å². The van der Waals surface area contributed by atoms with E-state index in [0.29, 0.717) is 5.84 Å². The SMILES string of the molecule is CC(=N)NCc1ccc([131I])cc1. The van der Waals surface area contributed by atoms with E-state index in [9.17, 15) is 0 Å². The van der Waals surface area contributed by atoms with Crippen molar-refractivity contribution in [3.05, 3.63) is 33.4 Å². The number of halogens is 1. The van der Waals surface area contributed by atoms with Gasteiger partial charge < -0.3 is 5.32 Å². The summed E-state index contributed by atoms with van der Waals surface area (Å²) in [4.78, 5) is 0. The zero-order valence-electron chi connectivity index (χ0n) is 6.89. The van der Waals surface area contributed by atoms with Crippen LogP contribution in [-0.2, 0) is 6.54 Å². The molecular formula is C9H11IN2. The zero-order chi connectivity index (χ0) is 8.97. The number of rotatable bonds is 2. The Labute approximate surface area is 86.0 Å². The molecular weight excluding hydrogens is 267 g/mol. The van der Waals surface area contributed by atoms with E-state index in [1.807, 2.05) is 0 Å². The Balaban J connectivity index is 2.53. The van der Waals surface area contributed by atoms with Gasteiger partial charge in [-0.3, -0.25) is 5.41 Å². The van der Waals surface area contributed by atoms with Crippen LogP contribution in [0.25, 0.3) is 0 Å². The van der Waals surface area contributed by atoms with Gasteiger partial charge in [-0.1, -0.05) is 12.1 Å². The molecule has 0 aliphatic heterocycles. The third kappa shape index (κ3) is 3.21. The maximum atomic E-state index is 7.17. The van der Waals surface area contributed by atoms with Crippen LogP contribution in [0.5, 0.6) is 0 Å². The molecule has 0 spiro atoms. The van der Waals surface area contributed by atoms with Crippen molar-refractivity contribution in [3.63, 3.8) is 0 Å². The van der Waals surface area contributed by atoms with Crippen LogP contribution in [0.1, 0.15) is 12.5 Å². The summed E-state index contributed by atoms with van der Waals surface area (Å²) >= 11 is 2.28. The van der Waals surface area contributed by atoms with Crippen LogP contribution in [0.2, 0.25) is 0 Å². The third-order valence-electron chi connectivity index (χ3n) is 1.47. The summed E-state index contributed by atoms with van der Waals surface area (Å²) in [6.45, 7) is 2.49. The van der Waals surface area contributed by atoms with Gasteiger partial charge in [0, 0.05) is 10.1 Å². The molecule has 1 rings (SSSR count). The van der Waals surface area contributed by atoms with Crippen LogP contribution in [0.3, 0.4) is 0 Å². The van der Waals surface area contributed by atoms with Gasteiger partial charge in [0.05, 0.1) is 5.84 Å². The Bertz CT molecular complexity index is 266. The van der Waals surface area contributed by atoms with Gasteiger partial charge in [-0.05, 0) is 47.2 Å². The number of hydrogen-bond donors (Lipinski definition) is 2. The van der Waals surface area contributed by atoms with E-state index in [1.54, 1.807) is 6.92 Å². The normalized spacial score (nSPS) is 9.50. The highest BCUT2D eigenvalue weighted by molar-refractivity contribution is 14.1. The first-order chi connectivity index (χ1) is 5.68. The summed E-state index contributed by atoms with van der Waals surface area (Å²) < 4.78 is 1.24. The van der Waals surface area contributed by atoms with Gasteiger partial charge >= 0.3 is 0 Å². The molecule has 12 heavy (non-hydrogen) atoms. The van der Waals surface area contributed by atoms with Crippen molar-refractivity contribution in [2.24, 2.45) is 0 Å². The third-order valence-corrected chi connectivity index (χ3v) is 2.19. The Hall–Kier alpha value is -0.580. The molecule has 0 saturated heterocycles. The molecule has 0 bridgehead atoms. The van der Waals surface area contributed by atoms with Gasteiger partial charge in [0.1, 0.15) is 0 Å². The summed E-state index contributed by atoms with van der Waals surface area (Å²) in [5, 5.41) is 10.1. The molecule has 0 aliphatic rings. The zero-order valence-corrected chi connectivity index (χ0v) is 9.05. The van der Waals surface area contributed by atoms with Gasteiger partial charge in [0.15, 0.2) is 0 Å². The quantitative estimate of drug-likeness (QED) is 0.486. The second-order valence-corrected chi connectivity index (χ2v) is 3.85. The molecule has 3 heteroatoms. The molecule has 1 aromatic rings. The van der Waals surface area contributed by atoms with E-state index < -0.39 is 0 Å². The molecule has 0 atom stereocenters. The maximum Gasteiger partial charge on any atom is 0.0902 e. The van der Waals surface area contributed by atoms with Crippen LogP contribution in [-0.4, -0.2) is 5.84 Å². The van der Waals surface area contributed by atoms with E-state index >= 15 is 0 Å². The highest BCUT2D eigenvalue weighted by Crippen LogP contribution is 2.06. The summed E-state index contributed by atoms with van der Waals surface area (Å²) in [5.74, 6) is 0.508. The van der Waals surface area contributed by atoms with E-state index in [1.165, 1.54) is 9.13 Å². The monoisotopic (exact) mass is 278 g/mol. The summed E-state index contributed by atoms with van der Waals surface area (Å²) in [6, 6.07) is 8.27. The van der Waals surface area contributed by atoms with Crippen LogP contribution in [0, 0.1) is 8.98 Å². The highest BCUT2D eigenvalue weighted by atomic mass is 131. The van der Waals surface area contributed by atoms with Crippen LogP contribution < -0.4 is 5.32 Å². The van der Waals surface area contributed by atoms with Crippen molar-refractivity contribution in [2.45, 2.75) is 13.5 Å². The average Bonchev–Trinajstić information content (AvgIpc) is 2.03. The molecule has 0 radical (unpaired) electrons. The number of benzene rings is 1. The lowest BCUT2D eigenvalue weighted by molar-refractivity contribution is 0.902. The van der Waals surface area contributed by atoms with Gasteiger partial charge in [-0.25, -0.2) is 0 Å². The number of nitrogens with one attached hydrogen (secondary N) is 2. The Kier molecular flexibility index (Phi) is 3.52. The van der Waals surface area contributed by atoms with Crippen molar-refractivity contribution in [2.75, 3.05) is 0 Å². The second-order valence-electron chi connectivity index (χ2n) is 2.61. The van der Waals surface area contributed by atoms with Gasteiger partial charge in [-0.15, -0.1) is 0 Å². The van der Waals surface area contributed by atoms with Crippen molar-refractivity contribution in [1.82, 2.24) is 5.32 Å². The Morgan fingerprint density at radius 2 is 2.00 bits per heavy atom. The lowest BCUT2D eigenvalue weighted by Crippen LogP contribution is -2.18. The van der Waals surface area contributed by atoms with Crippen molar-refractivity contribution in [3.8, 4) is 0 Å². The molecule has 1 aromatic carbocycles. The molecule has 0 fully saturated rings. The van der Waals surface area contributed by atoms with E-state index in [-0.39, 0.29) is 0 Å². The fourth-order valence-electron chi connectivity index (χ4n) is 0.837. The van der Waals surface area contributed by atoms with Crippen molar-refractivity contribution < 1.29 is 0 Å². The Morgan fingerprint density at radius 3 is 2.50 bits per heavy atom. The van der Waals surface area contributed by atoms with Crippen molar-refractivity contribution >= 4 is 28.4 Å². The van der Waals surface area contributed by atoms with Gasteiger partial charge in [-0.2, -0.15) is 0 Å². The first-order valence-corrected chi connectivity index (χ1v) is 4.80. The van der Waals surface area contributed by atoms with Gasteiger partial charge in [0.25, 0.3) is 0 Å². The Morgan fingerprint density at radius 1 is 1.42 bits per heavy atom. The number of hydrogen-bond acceptors (Lipinski definition) is 1. The van der Waals surface area contributed by atoms with Crippen molar-refractivity contribution in [1.29, 1.82) is 5.41 Å². The van der Waals surface area contributed by atoms with Crippen LogP contribution >= 0.6 is 22.6 Å². The predicted octanol–water partition coefficient (Wildman–Crippen LogP) is 2.38. The largest absolute Gasteiger partial charge is 0.370 e. The smallest absolute Gasteiger partial charge is 0.0902 e. The first-order valence-electron chi connectivity index (χ1n) is 3.72. The topological polar surface area (TPSA) is 35.9 Å². The minimum atomic E-state index is 0.508.